The fourth-order valence-electron chi connectivity index (χ4n) is 7.43. The molecule has 0 heterocycles. The van der Waals surface area contributed by atoms with Gasteiger partial charge in [-0.2, -0.15) is 0 Å². The van der Waals surface area contributed by atoms with Gasteiger partial charge in [-0.3, -0.25) is 14.4 Å². The number of rotatable bonds is 44. The van der Waals surface area contributed by atoms with Crippen molar-refractivity contribution in [3.8, 4) is 0 Å². The zero-order valence-corrected chi connectivity index (χ0v) is 38.3. The lowest BCUT2D eigenvalue weighted by molar-refractivity contribution is -0.167. The lowest BCUT2D eigenvalue weighted by Gasteiger charge is -2.18. The molecule has 0 spiro atoms. The molecule has 56 heavy (non-hydrogen) atoms. The van der Waals surface area contributed by atoms with E-state index in [9.17, 15) is 14.4 Å². The van der Waals surface area contributed by atoms with Crippen LogP contribution in [-0.4, -0.2) is 37.2 Å². The summed E-state index contributed by atoms with van der Waals surface area (Å²) >= 11 is 0. The van der Waals surface area contributed by atoms with E-state index in [1.54, 1.807) is 0 Å². The van der Waals surface area contributed by atoms with Crippen molar-refractivity contribution in [3.63, 3.8) is 0 Å². The summed E-state index contributed by atoms with van der Waals surface area (Å²) < 4.78 is 16.8. The normalized spacial score (nSPS) is 12.5. The number of unbranched alkanes of at least 4 members (excludes halogenated alkanes) is 28. The molecule has 0 aromatic heterocycles. The fourth-order valence-corrected chi connectivity index (χ4v) is 7.43. The van der Waals surface area contributed by atoms with Crippen molar-refractivity contribution in [2.24, 2.45) is 11.8 Å². The van der Waals surface area contributed by atoms with Gasteiger partial charge in [-0.15, -0.1) is 0 Å². The van der Waals surface area contributed by atoms with Gasteiger partial charge in [0.15, 0.2) is 6.10 Å². The maximum absolute atomic E-state index is 12.7. The topological polar surface area (TPSA) is 78.9 Å². The van der Waals surface area contributed by atoms with Crippen LogP contribution in [0.1, 0.15) is 272 Å². The third-order valence-corrected chi connectivity index (χ3v) is 11.6. The quantitative estimate of drug-likeness (QED) is 0.0347. The van der Waals surface area contributed by atoms with Crippen molar-refractivity contribution in [1.29, 1.82) is 0 Å². The predicted octanol–water partition coefficient (Wildman–Crippen LogP) is 15.8. The first-order valence-corrected chi connectivity index (χ1v) is 24.8. The van der Waals surface area contributed by atoms with Crippen LogP contribution in [0.25, 0.3) is 0 Å². The highest BCUT2D eigenvalue weighted by Crippen LogP contribution is 2.17. The Morgan fingerprint density at radius 1 is 0.375 bits per heavy atom. The van der Waals surface area contributed by atoms with Crippen LogP contribution in [0.3, 0.4) is 0 Å². The molecule has 0 saturated carbocycles. The average molecular weight is 793 g/mol. The van der Waals surface area contributed by atoms with E-state index in [1.165, 1.54) is 161 Å². The maximum atomic E-state index is 12.7. The van der Waals surface area contributed by atoms with Crippen LogP contribution in [0.5, 0.6) is 0 Å². The zero-order valence-electron chi connectivity index (χ0n) is 38.3. The average Bonchev–Trinajstić information content (AvgIpc) is 3.18. The summed E-state index contributed by atoms with van der Waals surface area (Å²) in [4.78, 5) is 37.8. The highest BCUT2D eigenvalue weighted by molar-refractivity contribution is 5.71. The molecule has 6 nitrogen and oxygen atoms in total. The molecule has 0 saturated heterocycles. The molecule has 0 radical (unpaired) electrons. The molecule has 0 aliphatic carbocycles. The van der Waals surface area contributed by atoms with Crippen LogP contribution in [0.2, 0.25) is 0 Å². The Bertz CT molecular complexity index is 856. The highest BCUT2D eigenvalue weighted by atomic mass is 16.6. The molecular formula is C50H96O6. The van der Waals surface area contributed by atoms with Gasteiger partial charge >= 0.3 is 17.9 Å². The number of hydrogen-bond donors (Lipinski definition) is 0. The minimum atomic E-state index is -0.762. The molecule has 0 aliphatic heterocycles. The molecule has 332 valence electrons. The molecule has 1 unspecified atom stereocenters. The Balaban J connectivity index is 4.29. The molecule has 0 rings (SSSR count). The fraction of sp³-hybridized carbons (Fsp3) is 0.940. The van der Waals surface area contributed by atoms with Gasteiger partial charge < -0.3 is 14.2 Å². The van der Waals surface area contributed by atoms with Gasteiger partial charge in [0.1, 0.15) is 13.2 Å². The summed E-state index contributed by atoms with van der Waals surface area (Å²) in [5.74, 6) is 0.769. The molecule has 0 fully saturated rings. The molecule has 0 bridgehead atoms. The third-order valence-electron chi connectivity index (χ3n) is 11.6. The second kappa shape index (κ2) is 43.0. The summed E-state index contributed by atoms with van der Waals surface area (Å²) in [5.41, 5.74) is 0. The number of hydrogen-bond acceptors (Lipinski definition) is 6. The zero-order chi connectivity index (χ0) is 41.2. The monoisotopic (exact) mass is 793 g/mol. The van der Waals surface area contributed by atoms with E-state index in [4.69, 9.17) is 14.2 Å². The molecule has 0 aromatic carbocycles. The Kier molecular flexibility index (Phi) is 41.8. The first-order chi connectivity index (χ1) is 27.3. The lowest BCUT2D eigenvalue weighted by atomic mass is 9.99. The SMILES string of the molecule is CCCCCCCCCCCCCCCCCCC(=O)OC[C@H](COC(=O)CCCCCCCCCCC(C)CC)OC(=O)CCCCCCCCCC(C)C. The highest BCUT2D eigenvalue weighted by Gasteiger charge is 2.19. The third kappa shape index (κ3) is 42.0. The number of carbonyl (C=O) groups excluding carboxylic acids is 3. The van der Waals surface area contributed by atoms with Gasteiger partial charge in [0.25, 0.3) is 0 Å². The molecule has 6 heteroatoms. The molecule has 0 N–H and O–H groups in total. The molecule has 0 aliphatic rings. The van der Waals surface area contributed by atoms with E-state index < -0.39 is 6.10 Å². The molecule has 2 atom stereocenters. The van der Waals surface area contributed by atoms with Crippen LogP contribution in [0.4, 0.5) is 0 Å². The number of ether oxygens (including phenoxy) is 3. The molecule has 0 aromatic rings. The largest absolute Gasteiger partial charge is 0.462 e. The molecule has 0 amide bonds. The first kappa shape index (κ1) is 54.4. The van der Waals surface area contributed by atoms with Gasteiger partial charge in [-0.05, 0) is 31.1 Å². The van der Waals surface area contributed by atoms with Gasteiger partial charge in [-0.1, -0.05) is 234 Å². The van der Waals surface area contributed by atoms with E-state index in [2.05, 4.69) is 34.6 Å². The van der Waals surface area contributed by atoms with Crippen LogP contribution in [0.15, 0.2) is 0 Å². The van der Waals surface area contributed by atoms with E-state index in [0.29, 0.717) is 19.3 Å². The Hall–Kier alpha value is -1.59. The molecular weight excluding hydrogens is 697 g/mol. The summed E-state index contributed by atoms with van der Waals surface area (Å²) in [7, 11) is 0. The van der Waals surface area contributed by atoms with E-state index in [1.807, 2.05) is 0 Å². The summed E-state index contributed by atoms with van der Waals surface area (Å²) in [6, 6.07) is 0. The minimum Gasteiger partial charge on any atom is -0.462 e. The Morgan fingerprint density at radius 3 is 1.02 bits per heavy atom. The maximum Gasteiger partial charge on any atom is 0.306 e. The summed E-state index contributed by atoms with van der Waals surface area (Å²) in [6.45, 7) is 11.3. The van der Waals surface area contributed by atoms with Crippen molar-refractivity contribution in [2.75, 3.05) is 13.2 Å². The van der Waals surface area contributed by atoms with Gasteiger partial charge in [0.2, 0.25) is 0 Å². The van der Waals surface area contributed by atoms with Crippen LogP contribution < -0.4 is 0 Å². The van der Waals surface area contributed by atoms with Crippen molar-refractivity contribution >= 4 is 17.9 Å². The number of carbonyl (C=O) groups is 3. The first-order valence-electron chi connectivity index (χ1n) is 24.8. The summed E-state index contributed by atoms with van der Waals surface area (Å²) in [6.07, 6.45) is 42.3. The lowest BCUT2D eigenvalue weighted by Crippen LogP contribution is -2.30. The Morgan fingerprint density at radius 2 is 0.679 bits per heavy atom. The van der Waals surface area contributed by atoms with Gasteiger partial charge in [0.05, 0.1) is 0 Å². The van der Waals surface area contributed by atoms with Crippen molar-refractivity contribution in [3.05, 3.63) is 0 Å². The minimum absolute atomic E-state index is 0.0650. The number of esters is 3. The second-order valence-corrected chi connectivity index (χ2v) is 17.8. The van der Waals surface area contributed by atoms with Crippen LogP contribution in [0, 0.1) is 11.8 Å². The second-order valence-electron chi connectivity index (χ2n) is 17.8. The van der Waals surface area contributed by atoms with Crippen molar-refractivity contribution in [1.82, 2.24) is 0 Å². The predicted molar refractivity (Wildman–Crippen MR) is 238 cm³/mol. The smallest absolute Gasteiger partial charge is 0.306 e. The van der Waals surface area contributed by atoms with E-state index in [-0.39, 0.29) is 31.1 Å². The van der Waals surface area contributed by atoms with Crippen LogP contribution in [-0.2, 0) is 28.6 Å². The van der Waals surface area contributed by atoms with Gasteiger partial charge in [0, 0.05) is 19.3 Å². The van der Waals surface area contributed by atoms with Crippen LogP contribution >= 0.6 is 0 Å². The van der Waals surface area contributed by atoms with Crippen molar-refractivity contribution < 1.29 is 28.6 Å². The van der Waals surface area contributed by atoms with E-state index >= 15 is 0 Å². The van der Waals surface area contributed by atoms with Crippen molar-refractivity contribution in [2.45, 2.75) is 278 Å². The summed E-state index contributed by atoms with van der Waals surface area (Å²) in [5, 5.41) is 0. The van der Waals surface area contributed by atoms with E-state index in [0.717, 1.165) is 69.6 Å². The Labute approximate surface area is 348 Å². The van der Waals surface area contributed by atoms with Gasteiger partial charge in [-0.25, -0.2) is 0 Å². The standard InChI is InChI=1S/C50H96O6/c1-6-8-9-10-11-12-13-14-15-16-17-18-19-25-30-35-40-48(51)54-43-47(56-50(53)42-37-32-27-22-23-28-33-38-45(3)4)44-55-49(52)41-36-31-26-21-20-24-29-34-39-46(5)7-2/h45-47H,6-44H2,1-5H3/t46?,47-/m1/s1.